The molecule has 0 N–H and O–H groups in total. The van der Waals surface area contributed by atoms with Gasteiger partial charge in [-0.1, -0.05) is 48.5 Å². The lowest BCUT2D eigenvalue weighted by molar-refractivity contribution is -0.130. The molecule has 1 aliphatic rings. The van der Waals surface area contributed by atoms with Gasteiger partial charge in [0, 0.05) is 30.9 Å². The predicted molar refractivity (Wildman–Crippen MR) is 105 cm³/mol. The molecule has 0 atom stereocenters. The molecular formula is C22H20N2O3. The fraction of sp³-hybridized carbons (Fsp3) is 0.182. The third-order valence-corrected chi connectivity index (χ3v) is 4.70. The van der Waals surface area contributed by atoms with E-state index >= 15 is 0 Å². The molecule has 1 amide bonds. The zero-order valence-electron chi connectivity index (χ0n) is 14.9. The summed E-state index contributed by atoms with van der Waals surface area (Å²) in [6.45, 7) is 1.86. The van der Waals surface area contributed by atoms with Crippen LogP contribution >= 0.6 is 0 Å². The summed E-state index contributed by atoms with van der Waals surface area (Å²) >= 11 is 0. The van der Waals surface area contributed by atoms with Gasteiger partial charge in [-0.15, -0.1) is 0 Å². The number of hydrogen-bond acceptors (Lipinski definition) is 3. The number of carbonyl (C=O) groups excluding carboxylic acids is 2. The largest absolute Gasteiger partial charge is 0.378 e. The maximum atomic E-state index is 12.9. The van der Waals surface area contributed by atoms with Crippen LogP contribution in [0.4, 0.5) is 0 Å². The number of Topliss-reactive ketones (excluding diaryl/α,β-unsaturated/α-hetero) is 1. The van der Waals surface area contributed by atoms with Crippen LogP contribution in [0.5, 0.6) is 0 Å². The van der Waals surface area contributed by atoms with Gasteiger partial charge in [-0.25, -0.2) is 0 Å². The normalized spacial score (nSPS) is 14.7. The summed E-state index contributed by atoms with van der Waals surface area (Å²) in [5.41, 5.74) is 2.38. The van der Waals surface area contributed by atoms with Crippen molar-refractivity contribution in [3.63, 3.8) is 0 Å². The number of ketones is 1. The molecule has 0 saturated carbocycles. The summed E-state index contributed by atoms with van der Waals surface area (Å²) < 4.78 is 7.16. The molecule has 1 aromatic heterocycles. The minimum Gasteiger partial charge on any atom is -0.378 e. The van der Waals surface area contributed by atoms with E-state index in [1.54, 1.807) is 11.1 Å². The van der Waals surface area contributed by atoms with Gasteiger partial charge >= 0.3 is 0 Å². The van der Waals surface area contributed by atoms with Crippen LogP contribution in [0.25, 0.3) is 23.2 Å². The molecule has 2 aromatic carbocycles. The molecule has 1 aliphatic heterocycles. The molecule has 1 saturated heterocycles. The average molecular weight is 360 g/mol. The van der Waals surface area contributed by atoms with Gasteiger partial charge in [0.05, 0.1) is 24.3 Å². The van der Waals surface area contributed by atoms with E-state index in [0.29, 0.717) is 31.9 Å². The quantitative estimate of drug-likeness (QED) is 0.530. The van der Waals surface area contributed by atoms with Gasteiger partial charge < -0.3 is 14.2 Å². The van der Waals surface area contributed by atoms with E-state index in [0.717, 1.165) is 16.5 Å². The highest BCUT2D eigenvalue weighted by molar-refractivity contribution is 6.45. The summed E-state index contributed by atoms with van der Waals surface area (Å²) in [7, 11) is 0. The Balaban J connectivity index is 1.68. The van der Waals surface area contributed by atoms with Crippen LogP contribution in [0.3, 0.4) is 0 Å². The van der Waals surface area contributed by atoms with E-state index in [9.17, 15) is 9.59 Å². The number of benzene rings is 2. The predicted octanol–water partition coefficient (Wildman–Crippen LogP) is 3.31. The molecule has 3 aromatic rings. The molecule has 0 unspecified atom stereocenters. The highest BCUT2D eigenvalue weighted by Gasteiger charge is 2.27. The number of aromatic nitrogens is 1. The molecule has 4 rings (SSSR count). The maximum absolute atomic E-state index is 12.9. The molecular weight excluding hydrogens is 340 g/mol. The van der Waals surface area contributed by atoms with Gasteiger partial charge in [-0.2, -0.15) is 0 Å². The molecule has 0 radical (unpaired) electrons. The monoisotopic (exact) mass is 360 g/mol. The minimum atomic E-state index is -0.472. The van der Waals surface area contributed by atoms with Gasteiger partial charge in [0.2, 0.25) is 0 Å². The van der Waals surface area contributed by atoms with Crippen molar-refractivity contribution in [2.75, 3.05) is 26.3 Å². The third-order valence-electron chi connectivity index (χ3n) is 4.70. The Morgan fingerprint density at radius 2 is 1.63 bits per heavy atom. The number of carbonyl (C=O) groups is 2. The number of ether oxygens (including phenoxy) is 1. The summed E-state index contributed by atoms with van der Waals surface area (Å²) in [5.74, 6) is -0.937. The Kier molecular flexibility index (Phi) is 4.85. The highest BCUT2D eigenvalue weighted by Crippen LogP contribution is 2.23. The second-order valence-corrected chi connectivity index (χ2v) is 6.43. The second kappa shape index (κ2) is 7.60. The van der Waals surface area contributed by atoms with E-state index in [-0.39, 0.29) is 0 Å². The van der Waals surface area contributed by atoms with Gasteiger partial charge in [0.1, 0.15) is 0 Å². The van der Waals surface area contributed by atoms with Crippen molar-refractivity contribution >= 4 is 34.9 Å². The number of rotatable bonds is 4. The topological polar surface area (TPSA) is 51.5 Å². The van der Waals surface area contributed by atoms with E-state index in [2.05, 4.69) is 0 Å². The fourth-order valence-electron chi connectivity index (χ4n) is 3.26. The molecule has 2 heterocycles. The average Bonchev–Trinajstić information content (AvgIpc) is 3.11. The van der Waals surface area contributed by atoms with Crippen molar-refractivity contribution in [2.45, 2.75) is 0 Å². The lowest BCUT2D eigenvalue weighted by Gasteiger charge is -2.25. The smallest absolute Gasteiger partial charge is 0.295 e. The summed E-state index contributed by atoms with van der Waals surface area (Å²) in [4.78, 5) is 27.1. The van der Waals surface area contributed by atoms with Crippen molar-refractivity contribution in [3.05, 3.63) is 71.9 Å². The molecule has 0 spiro atoms. The summed E-state index contributed by atoms with van der Waals surface area (Å²) in [6.07, 6.45) is 5.63. The van der Waals surface area contributed by atoms with Crippen LogP contribution in [0.15, 0.2) is 60.8 Å². The third kappa shape index (κ3) is 3.55. The SMILES string of the molecule is O=C(C(=O)N1CCOCC1)c1cn(/C=C/c2ccccc2)c2ccccc12. The minimum absolute atomic E-state index is 0.430. The lowest BCUT2D eigenvalue weighted by Crippen LogP contribution is -2.44. The van der Waals surface area contributed by atoms with Crippen LogP contribution in [-0.4, -0.2) is 47.5 Å². The number of nitrogens with zero attached hydrogens (tertiary/aromatic N) is 2. The fourth-order valence-corrected chi connectivity index (χ4v) is 3.26. The molecule has 0 bridgehead atoms. The molecule has 5 heteroatoms. The first-order valence-electron chi connectivity index (χ1n) is 8.98. The lowest BCUT2D eigenvalue weighted by atomic mass is 10.1. The number of para-hydroxylation sites is 1. The van der Waals surface area contributed by atoms with Crippen LogP contribution in [0.1, 0.15) is 15.9 Å². The van der Waals surface area contributed by atoms with Crippen molar-refractivity contribution < 1.29 is 14.3 Å². The Morgan fingerprint density at radius 1 is 0.926 bits per heavy atom. The Morgan fingerprint density at radius 3 is 2.41 bits per heavy atom. The number of morpholine rings is 1. The van der Waals surface area contributed by atoms with Crippen LogP contribution in [0, 0.1) is 0 Å². The van der Waals surface area contributed by atoms with Crippen molar-refractivity contribution in [1.82, 2.24) is 9.47 Å². The van der Waals surface area contributed by atoms with Gasteiger partial charge in [0.15, 0.2) is 0 Å². The first kappa shape index (κ1) is 17.2. The zero-order valence-corrected chi connectivity index (χ0v) is 14.9. The Hall–Kier alpha value is -3.18. The molecule has 1 fully saturated rings. The van der Waals surface area contributed by atoms with Crippen molar-refractivity contribution in [3.8, 4) is 0 Å². The van der Waals surface area contributed by atoms with Crippen LogP contribution in [-0.2, 0) is 9.53 Å². The zero-order chi connectivity index (χ0) is 18.6. The molecule has 27 heavy (non-hydrogen) atoms. The van der Waals surface area contributed by atoms with Crippen molar-refractivity contribution in [2.24, 2.45) is 0 Å². The van der Waals surface area contributed by atoms with E-state index in [4.69, 9.17) is 4.74 Å². The standard InChI is InChI=1S/C22H20N2O3/c25-21(22(26)23-12-14-27-15-13-23)19-16-24(20-9-5-4-8-18(19)20)11-10-17-6-2-1-3-7-17/h1-11,16H,12-15H2/b11-10+. The summed E-state index contributed by atoms with van der Waals surface area (Å²) in [5, 5.41) is 0.779. The van der Waals surface area contributed by atoms with E-state index < -0.39 is 11.7 Å². The van der Waals surface area contributed by atoms with Crippen LogP contribution < -0.4 is 0 Å². The number of hydrogen-bond donors (Lipinski definition) is 0. The Labute approximate surface area is 157 Å². The molecule has 0 aliphatic carbocycles. The highest BCUT2D eigenvalue weighted by atomic mass is 16.5. The van der Waals surface area contributed by atoms with Gasteiger partial charge in [0.25, 0.3) is 11.7 Å². The number of amides is 1. The first-order chi connectivity index (χ1) is 13.2. The number of fused-ring (bicyclic) bond motifs is 1. The van der Waals surface area contributed by atoms with Gasteiger partial charge in [-0.05, 0) is 17.7 Å². The van der Waals surface area contributed by atoms with E-state index in [1.807, 2.05) is 71.4 Å². The van der Waals surface area contributed by atoms with E-state index in [1.165, 1.54) is 0 Å². The summed E-state index contributed by atoms with van der Waals surface area (Å²) in [6, 6.07) is 17.6. The van der Waals surface area contributed by atoms with Crippen molar-refractivity contribution in [1.29, 1.82) is 0 Å². The maximum Gasteiger partial charge on any atom is 0.295 e. The van der Waals surface area contributed by atoms with Crippen LogP contribution in [0.2, 0.25) is 0 Å². The molecule has 136 valence electrons. The second-order valence-electron chi connectivity index (χ2n) is 6.43. The van der Waals surface area contributed by atoms with Gasteiger partial charge in [-0.3, -0.25) is 9.59 Å². The first-order valence-corrected chi connectivity index (χ1v) is 8.98. The molecule has 5 nitrogen and oxygen atoms in total. The Bertz CT molecular complexity index is 999.